The average molecular weight is 346 g/mol. The maximum atomic E-state index is 12.1. The van der Waals surface area contributed by atoms with Gasteiger partial charge in [-0.15, -0.1) is 0 Å². The molecule has 0 fully saturated rings. The van der Waals surface area contributed by atoms with Crippen LogP contribution in [0.15, 0.2) is 62.2 Å². The standard InChI is InChI=1S/C15H8BrNO4/c16-10-4-5-14-12(7-10)13(18)8-15(21-14)9-2-1-3-11(6-9)17(19)20/h1-8H. The number of hydrogen-bond acceptors (Lipinski definition) is 4. The van der Waals surface area contributed by atoms with Crippen LogP contribution in [0.2, 0.25) is 0 Å². The van der Waals surface area contributed by atoms with Gasteiger partial charge in [0.15, 0.2) is 5.43 Å². The fourth-order valence-corrected chi connectivity index (χ4v) is 2.40. The number of nitro groups is 1. The van der Waals surface area contributed by atoms with Crippen LogP contribution in [0, 0.1) is 10.1 Å². The molecule has 6 heteroatoms. The molecule has 0 aliphatic rings. The zero-order chi connectivity index (χ0) is 15.0. The third kappa shape index (κ3) is 2.57. The van der Waals surface area contributed by atoms with Gasteiger partial charge in [-0.25, -0.2) is 0 Å². The second-order valence-corrected chi connectivity index (χ2v) is 5.34. The third-order valence-electron chi connectivity index (χ3n) is 3.03. The van der Waals surface area contributed by atoms with Crippen LogP contribution < -0.4 is 5.43 Å². The number of halogens is 1. The summed E-state index contributed by atoms with van der Waals surface area (Å²) in [4.78, 5) is 22.5. The number of benzene rings is 2. The molecule has 1 heterocycles. The van der Waals surface area contributed by atoms with Crippen LogP contribution >= 0.6 is 15.9 Å². The van der Waals surface area contributed by atoms with E-state index in [-0.39, 0.29) is 11.1 Å². The van der Waals surface area contributed by atoms with E-state index >= 15 is 0 Å². The normalized spacial score (nSPS) is 10.7. The molecule has 3 rings (SSSR count). The monoisotopic (exact) mass is 345 g/mol. The van der Waals surface area contributed by atoms with E-state index < -0.39 is 4.92 Å². The minimum atomic E-state index is -0.486. The Bertz CT molecular complexity index is 917. The summed E-state index contributed by atoms with van der Waals surface area (Å²) in [5, 5.41) is 11.3. The quantitative estimate of drug-likeness (QED) is 0.517. The Labute approximate surface area is 127 Å². The molecule has 0 radical (unpaired) electrons. The molecule has 5 nitrogen and oxygen atoms in total. The molecule has 0 saturated heterocycles. The number of rotatable bonds is 2. The van der Waals surface area contributed by atoms with E-state index in [4.69, 9.17) is 4.42 Å². The average Bonchev–Trinajstić information content (AvgIpc) is 2.48. The lowest BCUT2D eigenvalue weighted by Crippen LogP contribution is -2.00. The van der Waals surface area contributed by atoms with Crippen LogP contribution in [0.25, 0.3) is 22.3 Å². The van der Waals surface area contributed by atoms with Gasteiger partial charge in [-0.3, -0.25) is 14.9 Å². The Morgan fingerprint density at radius 3 is 2.67 bits per heavy atom. The molecule has 0 saturated carbocycles. The molecule has 0 amide bonds. The predicted octanol–water partition coefficient (Wildman–Crippen LogP) is 4.13. The zero-order valence-electron chi connectivity index (χ0n) is 10.6. The molecule has 0 unspecified atom stereocenters. The Morgan fingerprint density at radius 2 is 1.90 bits per heavy atom. The van der Waals surface area contributed by atoms with Gasteiger partial charge in [-0.2, -0.15) is 0 Å². The lowest BCUT2D eigenvalue weighted by Gasteiger charge is -2.03. The van der Waals surface area contributed by atoms with Gasteiger partial charge < -0.3 is 4.42 Å². The predicted molar refractivity (Wildman–Crippen MR) is 82.3 cm³/mol. The third-order valence-corrected chi connectivity index (χ3v) is 3.52. The van der Waals surface area contributed by atoms with Crippen LogP contribution in [0.3, 0.4) is 0 Å². The van der Waals surface area contributed by atoms with Crippen molar-refractivity contribution in [3.63, 3.8) is 0 Å². The summed E-state index contributed by atoms with van der Waals surface area (Å²) < 4.78 is 6.46. The summed E-state index contributed by atoms with van der Waals surface area (Å²) in [6.45, 7) is 0. The first-order valence-corrected chi connectivity index (χ1v) is 6.82. The molecule has 0 N–H and O–H groups in total. The summed E-state index contributed by atoms with van der Waals surface area (Å²) in [5.74, 6) is 0.304. The van der Waals surface area contributed by atoms with Gasteiger partial charge in [0.2, 0.25) is 0 Å². The SMILES string of the molecule is O=c1cc(-c2cccc([N+](=O)[O-])c2)oc2ccc(Br)cc12. The summed E-state index contributed by atoms with van der Waals surface area (Å²) in [6, 6.07) is 12.5. The zero-order valence-corrected chi connectivity index (χ0v) is 12.2. The minimum Gasteiger partial charge on any atom is -0.456 e. The molecule has 21 heavy (non-hydrogen) atoms. The van der Waals surface area contributed by atoms with E-state index in [9.17, 15) is 14.9 Å². The summed E-state index contributed by atoms with van der Waals surface area (Å²) in [7, 11) is 0. The van der Waals surface area contributed by atoms with E-state index in [2.05, 4.69) is 15.9 Å². The van der Waals surface area contributed by atoms with Gasteiger partial charge in [-0.1, -0.05) is 28.1 Å². The highest BCUT2D eigenvalue weighted by Crippen LogP contribution is 2.26. The highest BCUT2D eigenvalue weighted by atomic mass is 79.9. The van der Waals surface area contributed by atoms with Gasteiger partial charge in [0.05, 0.1) is 10.3 Å². The largest absolute Gasteiger partial charge is 0.456 e. The van der Waals surface area contributed by atoms with Gasteiger partial charge in [-0.05, 0) is 18.2 Å². The number of non-ortho nitro benzene ring substituents is 1. The Morgan fingerprint density at radius 1 is 1.10 bits per heavy atom. The molecule has 0 aliphatic heterocycles. The molecular weight excluding hydrogens is 338 g/mol. The summed E-state index contributed by atoms with van der Waals surface area (Å²) in [6.07, 6.45) is 0. The number of nitro benzene ring substituents is 1. The Balaban J connectivity index is 2.22. The molecule has 0 atom stereocenters. The topological polar surface area (TPSA) is 73.3 Å². The fraction of sp³-hybridized carbons (Fsp3) is 0. The van der Waals surface area contributed by atoms with Crippen molar-refractivity contribution in [3.8, 4) is 11.3 Å². The second-order valence-electron chi connectivity index (χ2n) is 4.42. The van der Waals surface area contributed by atoms with Crippen LogP contribution in [0.5, 0.6) is 0 Å². The highest BCUT2D eigenvalue weighted by molar-refractivity contribution is 9.10. The molecule has 0 bridgehead atoms. The van der Waals surface area contributed by atoms with E-state index in [1.807, 2.05) is 0 Å². The van der Waals surface area contributed by atoms with E-state index in [0.717, 1.165) is 4.47 Å². The van der Waals surface area contributed by atoms with Crippen molar-refractivity contribution in [2.45, 2.75) is 0 Å². The van der Waals surface area contributed by atoms with E-state index in [0.29, 0.717) is 22.3 Å². The first-order valence-electron chi connectivity index (χ1n) is 6.03. The van der Waals surface area contributed by atoms with Crippen LogP contribution in [0.4, 0.5) is 5.69 Å². The molecule has 2 aromatic carbocycles. The number of fused-ring (bicyclic) bond motifs is 1. The molecular formula is C15H8BrNO4. The van der Waals surface area contributed by atoms with Crippen LogP contribution in [-0.2, 0) is 0 Å². The van der Waals surface area contributed by atoms with Crippen LogP contribution in [-0.4, -0.2) is 4.92 Å². The molecule has 3 aromatic rings. The van der Waals surface area contributed by atoms with E-state index in [1.165, 1.54) is 18.2 Å². The molecule has 104 valence electrons. The molecule has 0 aliphatic carbocycles. The Kier molecular flexibility index (Phi) is 3.31. The maximum Gasteiger partial charge on any atom is 0.270 e. The van der Waals surface area contributed by atoms with Crippen molar-refractivity contribution in [2.24, 2.45) is 0 Å². The van der Waals surface area contributed by atoms with E-state index in [1.54, 1.807) is 30.3 Å². The smallest absolute Gasteiger partial charge is 0.270 e. The summed E-state index contributed by atoms with van der Waals surface area (Å²) >= 11 is 3.30. The Hall–Kier alpha value is -2.47. The van der Waals surface area contributed by atoms with Gasteiger partial charge in [0.25, 0.3) is 5.69 Å². The molecule has 0 spiro atoms. The summed E-state index contributed by atoms with van der Waals surface area (Å²) in [5.41, 5.74) is 0.684. The number of nitrogens with zero attached hydrogens (tertiary/aromatic N) is 1. The van der Waals surface area contributed by atoms with Crippen LogP contribution in [0.1, 0.15) is 0 Å². The van der Waals surface area contributed by atoms with Crippen molar-refractivity contribution in [3.05, 3.63) is 73.3 Å². The first-order chi connectivity index (χ1) is 10.0. The second kappa shape index (κ2) is 5.14. The lowest BCUT2D eigenvalue weighted by atomic mass is 10.1. The lowest BCUT2D eigenvalue weighted by molar-refractivity contribution is -0.384. The van der Waals surface area contributed by atoms with Crippen molar-refractivity contribution < 1.29 is 9.34 Å². The molecule has 1 aromatic heterocycles. The van der Waals surface area contributed by atoms with Crippen molar-refractivity contribution in [1.82, 2.24) is 0 Å². The van der Waals surface area contributed by atoms with Gasteiger partial charge >= 0.3 is 0 Å². The van der Waals surface area contributed by atoms with Crippen molar-refractivity contribution in [2.75, 3.05) is 0 Å². The van der Waals surface area contributed by atoms with Crippen molar-refractivity contribution >= 4 is 32.6 Å². The van der Waals surface area contributed by atoms with Gasteiger partial charge in [0, 0.05) is 28.2 Å². The van der Waals surface area contributed by atoms with Gasteiger partial charge in [0.1, 0.15) is 11.3 Å². The maximum absolute atomic E-state index is 12.1. The number of hydrogen-bond donors (Lipinski definition) is 0. The fourth-order valence-electron chi connectivity index (χ4n) is 2.04. The highest BCUT2D eigenvalue weighted by Gasteiger charge is 2.11. The minimum absolute atomic E-state index is 0.0500. The van der Waals surface area contributed by atoms with Crippen molar-refractivity contribution in [1.29, 1.82) is 0 Å². The first kappa shape index (κ1) is 13.5.